The molecule has 1 unspecified atom stereocenters. The molecule has 0 amide bonds. The van der Waals surface area contributed by atoms with Crippen LogP contribution in [0.2, 0.25) is 5.02 Å². The third-order valence-corrected chi connectivity index (χ3v) is 3.64. The number of aliphatic hydroxyl groups excluding tert-OH is 1. The van der Waals surface area contributed by atoms with Gasteiger partial charge in [-0.2, -0.15) is 0 Å². The summed E-state index contributed by atoms with van der Waals surface area (Å²) in [4.78, 5) is 0. The smallest absolute Gasteiger partial charge is 0.138 e. The molecule has 1 atom stereocenters. The van der Waals surface area contributed by atoms with Gasteiger partial charge in [0, 0.05) is 18.7 Å². The zero-order valence-corrected chi connectivity index (χ0v) is 14.0. The van der Waals surface area contributed by atoms with Crippen molar-refractivity contribution in [2.75, 3.05) is 6.54 Å². The molecular formula is C18H22ClNO3. The maximum absolute atomic E-state index is 10.3. The molecule has 124 valence electrons. The minimum Gasteiger partial charge on any atom is -0.506 e. The van der Waals surface area contributed by atoms with Gasteiger partial charge in [-0.05, 0) is 37.6 Å². The molecule has 23 heavy (non-hydrogen) atoms. The van der Waals surface area contributed by atoms with E-state index in [4.69, 9.17) is 16.3 Å². The van der Waals surface area contributed by atoms with E-state index in [0.29, 0.717) is 23.7 Å². The molecule has 0 radical (unpaired) electrons. The van der Waals surface area contributed by atoms with Crippen molar-refractivity contribution in [2.24, 2.45) is 0 Å². The van der Waals surface area contributed by atoms with Crippen molar-refractivity contribution in [2.45, 2.75) is 32.6 Å². The Morgan fingerprint density at radius 2 is 1.91 bits per heavy atom. The molecule has 0 saturated carbocycles. The third kappa shape index (κ3) is 5.13. The van der Waals surface area contributed by atoms with Crippen molar-refractivity contribution in [3.8, 4) is 11.5 Å². The minimum atomic E-state index is -0.660. The Labute approximate surface area is 141 Å². The topological polar surface area (TPSA) is 61.7 Å². The Morgan fingerprint density at radius 1 is 1.17 bits per heavy atom. The quantitative estimate of drug-likeness (QED) is 0.722. The largest absolute Gasteiger partial charge is 0.506 e. The van der Waals surface area contributed by atoms with Gasteiger partial charge >= 0.3 is 0 Å². The summed E-state index contributed by atoms with van der Waals surface area (Å²) < 4.78 is 5.63. The number of rotatable bonds is 7. The second kappa shape index (κ2) is 8.20. The number of aromatic hydroxyl groups is 1. The molecular weight excluding hydrogens is 314 g/mol. The van der Waals surface area contributed by atoms with Crippen molar-refractivity contribution >= 4 is 11.6 Å². The van der Waals surface area contributed by atoms with Gasteiger partial charge in [0.2, 0.25) is 0 Å². The number of nitrogens with one attached hydrogen (secondary N) is 1. The lowest BCUT2D eigenvalue weighted by Gasteiger charge is -2.15. The van der Waals surface area contributed by atoms with Crippen LogP contribution in [0, 0.1) is 0 Å². The lowest BCUT2D eigenvalue weighted by Crippen LogP contribution is -2.21. The van der Waals surface area contributed by atoms with Crippen LogP contribution in [0.4, 0.5) is 0 Å². The maximum atomic E-state index is 10.3. The Hall–Kier alpha value is -1.75. The number of hydrogen-bond donors (Lipinski definition) is 3. The lowest BCUT2D eigenvalue weighted by molar-refractivity contribution is 0.173. The predicted octanol–water partition coefficient (Wildman–Crippen LogP) is 3.66. The van der Waals surface area contributed by atoms with Crippen LogP contribution in [0.25, 0.3) is 0 Å². The van der Waals surface area contributed by atoms with Crippen LogP contribution in [-0.4, -0.2) is 22.9 Å². The van der Waals surface area contributed by atoms with E-state index in [-0.39, 0.29) is 11.9 Å². The highest BCUT2D eigenvalue weighted by Gasteiger charge is 2.10. The SMILES string of the molecule is CC(C)Oc1cccc(C(O)CNCc2cccc(Cl)c2O)c1. The van der Waals surface area contributed by atoms with E-state index < -0.39 is 6.10 Å². The van der Waals surface area contributed by atoms with Gasteiger partial charge in [-0.3, -0.25) is 0 Å². The summed E-state index contributed by atoms with van der Waals surface area (Å²) in [7, 11) is 0. The first kappa shape index (κ1) is 17.6. The van der Waals surface area contributed by atoms with E-state index in [2.05, 4.69) is 5.32 Å². The second-order valence-corrected chi connectivity index (χ2v) is 6.04. The van der Waals surface area contributed by atoms with E-state index in [1.165, 1.54) is 0 Å². The highest BCUT2D eigenvalue weighted by atomic mass is 35.5. The highest BCUT2D eigenvalue weighted by Crippen LogP contribution is 2.27. The summed E-state index contributed by atoms with van der Waals surface area (Å²) in [5.41, 5.74) is 1.48. The molecule has 2 aromatic carbocycles. The van der Waals surface area contributed by atoms with Crippen LogP contribution in [-0.2, 0) is 6.54 Å². The molecule has 2 aromatic rings. The van der Waals surface area contributed by atoms with Gasteiger partial charge in [0.1, 0.15) is 11.5 Å². The molecule has 0 spiro atoms. The first-order valence-corrected chi connectivity index (χ1v) is 7.97. The van der Waals surface area contributed by atoms with Crippen LogP contribution in [0.3, 0.4) is 0 Å². The van der Waals surface area contributed by atoms with E-state index >= 15 is 0 Å². The molecule has 0 saturated heterocycles. The summed E-state index contributed by atoms with van der Waals surface area (Å²) >= 11 is 5.87. The van der Waals surface area contributed by atoms with Crippen molar-refractivity contribution in [1.29, 1.82) is 0 Å². The molecule has 4 nitrogen and oxygen atoms in total. The van der Waals surface area contributed by atoms with Gasteiger partial charge in [-0.25, -0.2) is 0 Å². The van der Waals surface area contributed by atoms with Gasteiger partial charge in [0.25, 0.3) is 0 Å². The number of phenolic OH excluding ortho intramolecular Hbond substituents is 1. The summed E-state index contributed by atoms with van der Waals surface area (Å²) in [5, 5.41) is 23.6. The summed E-state index contributed by atoms with van der Waals surface area (Å²) in [5.74, 6) is 0.813. The number of benzene rings is 2. The number of halogens is 1. The summed E-state index contributed by atoms with van der Waals surface area (Å²) in [6.45, 7) is 4.70. The molecule has 0 aromatic heterocycles. The van der Waals surface area contributed by atoms with Crippen molar-refractivity contribution in [3.63, 3.8) is 0 Å². The van der Waals surface area contributed by atoms with E-state index in [9.17, 15) is 10.2 Å². The Bertz CT molecular complexity index is 646. The lowest BCUT2D eigenvalue weighted by atomic mass is 10.1. The van der Waals surface area contributed by atoms with Gasteiger partial charge in [0.15, 0.2) is 0 Å². The average Bonchev–Trinajstić information content (AvgIpc) is 2.51. The highest BCUT2D eigenvalue weighted by molar-refractivity contribution is 6.32. The fourth-order valence-electron chi connectivity index (χ4n) is 2.23. The Morgan fingerprint density at radius 3 is 2.65 bits per heavy atom. The maximum Gasteiger partial charge on any atom is 0.138 e. The van der Waals surface area contributed by atoms with Gasteiger partial charge in [-0.15, -0.1) is 0 Å². The molecule has 3 N–H and O–H groups in total. The van der Waals surface area contributed by atoms with Gasteiger partial charge < -0.3 is 20.3 Å². The van der Waals surface area contributed by atoms with Crippen molar-refractivity contribution in [3.05, 3.63) is 58.6 Å². The Kier molecular flexibility index (Phi) is 6.28. The molecule has 2 rings (SSSR count). The first-order chi connectivity index (χ1) is 11.0. The minimum absolute atomic E-state index is 0.0727. The van der Waals surface area contributed by atoms with Crippen LogP contribution < -0.4 is 10.1 Å². The summed E-state index contributed by atoms with van der Waals surface area (Å²) in [6.07, 6.45) is -0.571. The fourth-order valence-corrected chi connectivity index (χ4v) is 2.43. The molecule has 0 fully saturated rings. The number of para-hydroxylation sites is 1. The molecule has 0 bridgehead atoms. The molecule has 5 heteroatoms. The molecule has 0 aliphatic heterocycles. The zero-order chi connectivity index (χ0) is 16.8. The number of aliphatic hydroxyl groups is 1. The van der Waals surface area contributed by atoms with E-state index in [1.807, 2.05) is 38.1 Å². The van der Waals surface area contributed by atoms with Crippen LogP contribution >= 0.6 is 11.6 Å². The predicted molar refractivity (Wildman–Crippen MR) is 92.0 cm³/mol. The zero-order valence-electron chi connectivity index (χ0n) is 13.3. The molecule has 0 aliphatic rings. The van der Waals surface area contributed by atoms with E-state index in [0.717, 1.165) is 11.3 Å². The average molecular weight is 336 g/mol. The van der Waals surface area contributed by atoms with Crippen LogP contribution in [0.5, 0.6) is 11.5 Å². The summed E-state index contributed by atoms with van der Waals surface area (Å²) in [6, 6.07) is 12.6. The van der Waals surface area contributed by atoms with Gasteiger partial charge in [0.05, 0.1) is 17.2 Å². The fraction of sp³-hybridized carbons (Fsp3) is 0.333. The first-order valence-electron chi connectivity index (χ1n) is 7.59. The number of ether oxygens (including phenoxy) is 1. The molecule has 0 heterocycles. The van der Waals surface area contributed by atoms with Gasteiger partial charge in [-0.1, -0.05) is 35.9 Å². The molecule has 0 aliphatic carbocycles. The van der Waals surface area contributed by atoms with E-state index in [1.54, 1.807) is 18.2 Å². The normalized spacial score (nSPS) is 12.4. The van der Waals surface area contributed by atoms with Crippen molar-refractivity contribution in [1.82, 2.24) is 5.32 Å². The Balaban J connectivity index is 1.92. The monoisotopic (exact) mass is 335 g/mol. The second-order valence-electron chi connectivity index (χ2n) is 5.63. The van der Waals surface area contributed by atoms with Crippen molar-refractivity contribution < 1.29 is 14.9 Å². The third-order valence-electron chi connectivity index (χ3n) is 3.34. The van der Waals surface area contributed by atoms with Crippen LogP contribution in [0.15, 0.2) is 42.5 Å². The number of phenols is 1. The van der Waals surface area contributed by atoms with Crippen LogP contribution in [0.1, 0.15) is 31.1 Å². The number of hydrogen-bond acceptors (Lipinski definition) is 4. The standard InChI is InChI=1S/C18H22ClNO3/c1-12(2)23-15-7-3-5-13(9-15)17(21)11-20-10-14-6-4-8-16(19)18(14)22/h3-9,12,17,20-22H,10-11H2,1-2H3.